The van der Waals surface area contributed by atoms with Crippen molar-refractivity contribution in [1.29, 1.82) is 0 Å². The zero-order chi connectivity index (χ0) is 10.8. The summed E-state index contributed by atoms with van der Waals surface area (Å²) in [7, 11) is 0. The third-order valence-electron chi connectivity index (χ3n) is 3.12. The topological polar surface area (TPSA) is 36.4 Å². The van der Waals surface area contributed by atoms with Crippen LogP contribution >= 0.6 is 11.3 Å². The molecule has 0 bridgehead atoms. The van der Waals surface area contributed by atoms with Gasteiger partial charge in [-0.2, -0.15) is 0 Å². The monoisotopic (exact) mass is 226 g/mol. The van der Waals surface area contributed by atoms with Gasteiger partial charge in [-0.05, 0) is 33.2 Å². The molecule has 2 rings (SSSR count). The largest absolute Gasteiger partial charge is 0.395 e. The highest BCUT2D eigenvalue weighted by molar-refractivity contribution is 7.11. The second-order valence-corrected chi connectivity index (χ2v) is 5.49. The van der Waals surface area contributed by atoms with Crippen molar-refractivity contribution in [2.75, 3.05) is 13.2 Å². The van der Waals surface area contributed by atoms with Crippen LogP contribution in [0.4, 0.5) is 0 Å². The molecule has 1 fully saturated rings. The molecule has 0 amide bonds. The second-order valence-electron chi connectivity index (χ2n) is 4.20. The fourth-order valence-electron chi connectivity index (χ4n) is 2.09. The maximum Gasteiger partial charge on any atom is 0.107 e. The lowest BCUT2D eigenvalue weighted by molar-refractivity contribution is 0.153. The van der Waals surface area contributed by atoms with E-state index in [9.17, 15) is 5.11 Å². The summed E-state index contributed by atoms with van der Waals surface area (Å²) < 4.78 is 0. The fraction of sp³-hybridized carbons (Fsp3) is 0.727. The first-order valence-electron chi connectivity index (χ1n) is 5.48. The summed E-state index contributed by atoms with van der Waals surface area (Å²) in [4.78, 5) is 8.19. The molecule has 1 aromatic rings. The number of likely N-dealkylation sites (tertiary alicyclic amines) is 1. The van der Waals surface area contributed by atoms with Crippen LogP contribution in [0.5, 0.6) is 0 Å². The van der Waals surface area contributed by atoms with Gasteiger partial charge in [-0.15, -0.1) is 11.3 Å². The Bertz CT molecular complexity index is 318. The Hall–Kier alpha value is -0.450. The number of hydrogen-bond donors (Lipinski definition) is 1. The van der Waals surface area contributed by atoms with Crippen molar-refractivity contribution in [3.05, 3.63) is 15.6 Å². The summed E-state index contributed by atoms with van der Waals surface area (Å²) in [6.07, 6.45) is 2.33. The van der Waals surface area contributed by atoms with Gasteiger partial charge in [0, 0.05) is 10.9 Å². The number of hydrogen-bond acceptors (Lipinski definition) is 4. The maximum atomic E-state index is 9.22. The number of rotatable bonds is 3. The third kappa shape index (κ3) is 2.38. The molecule has 2 heterocycles. The van der Waals surface area contributed by atoms with E-state index in [4.69, 9.17) is 0 Å². The van der Waals surface area contributed by atoms with E-state index in [0.717, 1.165) is 25.2 Å². The lowest BCUT2D eigenvalue weighted by atomic mass is 10.2. The number of nitrogens with zero attached hydrogens (tertiary/aromatic N) is 2. The van der Waals surface area contributed by atoms with Crippen molar-refractivity contribution >= 4 is 11.3 Å². The van der Waals surface area contributed by atoms with Gasteiger partial charge in [0.1, 0.15) is 5.01 Å². The van der Waals surface area contributed by atoms with E-state index in [1.54, 1.807) is 11.3 Å². The minimum atomic E-state index is 0.281. The highest BCUT2D eigenvalue weighted by atomic mass is 32.1. The van der Waals surface area contributed by atoms with Crippen LogP contribution in [-0.2, 0) is 6.54 Å². The highest BCUT2D eigenvalue weighted by Crippen LogP contribution is 2.23. The molecule has 84 valence electrons. The first-order chi connectivity index (χ1) is 7.20. The maximum absolute atomic E-state index is 9.22. The van der Waals surface area contributed by atoms with Crippen molar-refractivity contribution in [2.45, 2.75) is 39.3 Å². The van der Waals surface area contributed by atoms with E-state index in [-0.39, 0.29) is 6.61 Å². The molecule has 1 aliphatic heterocycles. The van der Waals surface area contributed by atoms with Crippen molar-refractivity contribution < 1.29 is 5.11 Å². The van der Waals surface area contributed by atoms with Crippen LogP contribution in [0.15, 0.2) is 0 Å². The average Bonchev–Trinajstić information content (AvgIpc) is 2.75. The molecule has 0 spiro atoms. The molecule has 1 aromatic heterocycles. The Morgan fingerprint density at radius 2 is 2.33 bits per heavy atom. The summed E-state index contributed by atoms with van der Waals surface area (Å²) in [6, 6.07) is 0.356. The van der Waals surface area contributed by atoms with E-state index in [0.29, 0.717) is 6.04 Å². The minimum Gasteiger partial charge on any atom is -0.395 e. The molecule has 1 aliphatic rings. The molecule has 0 aromatic carbocycles. The molecule has 15 heavy (non-hydrogen) atoms. The zero-order valence-electron chi connectivity index (χ0n) is 9.36. The summed E-state index contributed by atoms with van der Waals surface area (Å²) in [5.41, 5.74) is 1.15. The number of aliphatic hydroxyl groups is 1. The van der Waals surface area contributed by atoms with Gasteiger partial charge in [-0.1, -0.05) is 0 Å². The van der Waals surface area contributed by atoms with E-state index in [1.165, 1.54) is 16.3 Å². The fourth-order valence-corrected chi connectivity index (χ4v) is 3.05. The predicted molar refractivity (Wildman–Crippen MR) is 62.1 cm³/mol. The Morgan fingerprint density at radius 3 is 2.93 bits per heavy atom. The third-order valence-corrected chi connectivity index (χ3v) is 4.18. The van der Waals surface area contributed by atoms with Gasteiger partial charge in [0.05, 0.1) is 18.8 Å². The molecule has 0 radical (unpaired) electrons. The number of aromatic nitrogens is 1. The first-order valence-corrected chi connectivity index (χ1v) is 6.30. The Kier molecular flexibility index (Phi) is 3.38. The van der Waals surface area contributed by atoms with Crippen LogP contribution < -0.4 is 0 Å². The van der Waals surface area contributed by atoms with Gasteiger partial charge < -0.3 is 5.11 Å². The van der Waals surface area contributed by atoms with Gasteiger partial charge in [-0.3, -0.25) is 4.90 Å². The van der Waals surface area contributed by atoms with E-state index in [1.807, 2.05) is 0 Å². The SMILES string of the molecule is Cc1nc(CN2CCC[C@@H]2CO)sc1C. The zero-order valence-corrected chi connectivity index (χ0v) is 10.2. The molecule has 0 aliphatic carbocycles. The van der Waals surface area contributed by atoms with Gasteiger partial charge >= 0.3 is 0 Å². The summed E-state index contributed by atoms with van der Waals surface area (Å²) >= 11 is 1.78. The van der Waals surface area contributed by atoms with Crippen molar-refractivity contribution in [3.8, 4) is 0 Å². The Labute approximate surface area is 94.8 Å². The second kappa shape index (κ2) is 4.60. The van der Waals surface area contributed by atoms with Gasteiger partial charge in [0.15, 0.2) is 0 Å². The van der Waals surface area contributed by atoms with Crippen molar-refractivity contribution in [1.82, 2.24) is 9.88 Å². The number of aliphatic hydroxyl groups excluding tert-OH is 1. The molecule has 0 unspecified atom stereocenters. The molecule has 1 atom stereocenters. The molecule has 1 saturated heterocycles. The highest BCUT2D eigenvalue weighted by Gasteiger charge is 2.24. The van der Waals surface area contributed by atoms with Crippen LogP contribution in [0.1, 0.15) is 28.4 Å². The lowest BCUT2D eigenvalue weighted by Gasteiger charge is -2.20. The smallest absolute Gasteiger partial charge is 0.107 e. The first kappa shape index (κ1) is 11.0. The van der Waals surface area contributed by atoms with Crippen LogP contribution in [0, 0.1) is 13.8 Å². The van der Waals surface area contributed by atoms with E-state index in [2.05, 4.69) is 23.7 Å². The lowest BCUT2D eigenvalue weighted by Crippen LogP contribution is -2.31. The molecule has 1 N–H and O–H groups in total. The Morgan fingerprint density at radius 1 is 1.53 bits per heavy atom. The summed E-state index contributed by atoms with van der Waals surface area (Å²) in [6.45, 7) is 6.46. The van der Waals surface area contributed by atoms with Gasteiger partial charge in [0.25, 0.3) is 0 Å². The quantitative estimate of drug-likeness (QED) is 0.852. The number of thiazole rings is 1. The molecular weight excluding hydrogens is 208 g/mol. The summed E-state index contributed by atoms with van der Waals surface area (Å²) in [5.74, 6) is 0. The standard InChI is InChI=1S/C11H18N2OS/c1-8-9(2)15-11(12-8)6-13-5-3-4-10(13)7-14/h10,14H,3-7H2,1-2H3/t10-/m1/s1. The predicted octanol–water partition coefficient (Wildman–Crippen LogP) is 1.72. The molecular formula is C11H18N2OS. The van der Waals surface area contributed by atoms with E-state index >= 15 is 0 Å². The molecule has 0 saturated carbocycles. The molecule has 4 heteroatoms. The molecule has 3 nitrogen and oxygen atoms in total. The van der Waals surface area contributed by atoms with Crippen LogP contribution in [0.3, 0.4) is 0 Å². The van der Waals surface area contributed by atoms with Crippen LogP contribution in [-0.4, -0.2) is 34.2 Å². The van der Waals surface area contributed by atoms with Crippen LogP contribution in [0.25, 0.3) is 0 Å². The van der Waals surface area contributed by atoms with E-state index < -0.39 is 0 Å². The minimum absolute atomic E-state index is 0.281. The van der Waals surface area contributed by atoms with Crippen LogP contribution in [0.2, 0.25) is 0 Å². The van der Waals surface area contributed by atoms with Gasteiger partial charge in [0.2, 0.25) is 0 Å². The summed E-state index contributed by atoms with van der Waals surface area (Å²) in [5, 5.41) is 10.4. The Balaban J connectivity index is 2.02. The van der Waals surface area contributed by atoms with Crippen molar-refractivity contribution in [2.24, 2.45) is 0 Å². The average molecular weight is 226 g/mol. The normalized spacial score (nSPS) is 22.5. The van der Waals surface area contributed by atoms with Gasteiger partial charge in [-0.25, -0.2) is 4.98 Å². The van der Waals surface area contributed by atoms with Crippen molar-refractivity contribution in [3.63, 3.8) is 0 Å². The number of aryl methyl sites for hydroxylation is 2.